The molecule has 6 heteroatoms. The fraction of sp³-hybridized carbons (Fsp3) is 0.240. The number of ether oxygens (including phenoxy) is 2. The van der Waals surface area contributed by atoms with Gasteiger partial charge in [0.15, 0.2) is 0 Å². The van der Waals surface area contributed by atoms with Crippen molar-refractivity contribution in [2.24, 2.45) is 0 Å². The van der Waals surface area contributed by atoms with E-state index in [0.717, 1.165) is 37.4 Å². The van der Waals surface area contributed by atoms with E-state index in [4.69, 9.17) is 9.84 Å². The summed E-state index contributed by atoms with van der Waals surface area (Å²) in [5.74, 6) is 1.21. The smallest absolute Gasteiger partial charge is 0.492 e. The molecule has 0 radical (unpaired) electrons. The van der Waals surface area contributed by atoms with Crippen LogP contribution in [0, 0.1) is 0 Å². The Morgan fingerprint density at radius 1 is 0.968 bits per heavy atom. The second-order valence-corrected chi connectivity index (χ2v) is 7.41. The molecule has 1 aliphatic heterocycles. The van der Waals surface area contributed by atoms with Gasteiger partial charge in [-0.2, -0.15) is 0 Å². The molecule has 0 saturated heterocycles. The largest absolute Gasteiger partial charge is 0.511 e. The number of carboxylic acid groups (broad SMARTS) is 1. The van der Waals surface area contributed by atoms with Crippen LogP contribution in [0.4, 0.5) is 16.2 Å². The van der Waals surface area contributed by atoms with E-state index in [2.05, 4.69) is 33.2 Å². The first-order valence-corrected chi connectivity index (χ1v) is 10.5. The summed E-state index contributed by atoms with van der Waals surface area (Å²) in [7, 11) is 0. The van der Waals surface area contributed by atoms with Crippen molar-refractivity contribution in [3.63, 3.8) is 0 Å². The maximum Gasteiger partial charge on any atom is 0.511 e. The minimum absolute atomic E-state index is 0.309. The number of para-hydroxylation sites is 1. The highest BCUT2D eigenvalue weighted by atomic mass is 16.7. The Bertz CT molecular complexity index is 1010. The van der Waals surface area contributed by atoms with E-state index in [1.165, 1.54) is 16.8 Å². The Labute approximate surface area is 182 Å². The van der Waals surface area contributed by atoms with Crippen molar-refractivity contribution >= 4 is 17.5 Å². The van der Waals surface area contributed by atoms with Gasteiger partial charge in [0.2, 0.25) is 0 Å². The van der Waals surface area contributed by atoms with E-state index in [1.807, 2.05) is 42.5 Å². The van der Waals surface area contributed by atoms with Crippen molar-refractivity contribution in [1.82, 2.24) is 0 Å². The van der Waals surface area contributed by atoms with Crippen molar-refractivity contribution < 1.29 is 19.4 Å². The van der Waals surface area contributed by atoms with Crippen molar-refractivity contribution in [3.05, 3.63) is 83.9 Å². The first-order chi connectivity index (χ1) is 15.2. The molecule has 0 unspecified atom stereocenters. The number of fused-ring (bicyclic) bond motifs is 1. The molecule has 3 aromatic carbocycles. The van der Waals surface area contributed by atoms with E-state index in [-0.39, 0.29) is 0 Å². The molecule has 31 heavy (non-hydrogen) atoms. The number of nitrogens with zero attached hydrogens (tertiary/aromatic N) is 1. The van der Waals surface area contributed by atoms with Crippen molar-refractivity contribution in [2.75, 3.05) is 29.9 Å². The molecule has 0 spiro atoms. The van der Waals surface area contributed by atoms with Crippen molar-refractivity contribution in [1.29, 1.82) is 0 Å². The second kappa shape index (κ2) is 9.89. The zero-order valence-corrected chi connectivity index (χ0v) is 17.3. The Balaban J connectivity index is 1.38. The molecular weight excluding hydrogens is 392 g/mol. The van der Waals surface area contributed by atoms with Gasteiger partial charge < -0.3 is 24.8 Å². The molecule has 3 aromatic rings. The zero-order chi connectivity index (χ0) is 21.5. The summed E-state index contributed by atoms with van der Waals surface area (Å²) in [6.45, 7) is 3.24. The van der Waals surface area contributed by atoms with E-state index < -0.39 is 6.16 Å². The van der Waals surface area contributed by atoms with Gasteiger partial charge in [0.1, 0.15) is 18.1 Å². The Morgan fingerprint density at radius 3 is 2.55 bits per heavy atom. The molecule has 0 bridgehead atoms. The first kappa shape index (κ1) is 20.6. The van der Waals surface area contributed by atoms with Crippen LogP contribution in [0.5, 0.6) is 11.5 Å². The van der Waals surface area contributed by atoms with Gasteiger partial charge in [-0.15, -0.1) is 0 Å². The van der Waals surface area contributed by atoms with Crippen LogP contribution in [-0.4, -0.2) is 31.0 Å². The van der Waals surface area contributed by atoms with Gasteiger partial charge in [0.25, 0.3) is 0 Å². The van der Waals surface area contributed by atoms with Crippen LogP contribution in [0.3, 0.4) is 0 Å². The molecule has 0 amide bonds. The number of carbonyl (C=O) groups is 1. The molecule has 0 fully saturated rings. The number of nitrogens with one attached hydrogen (secondary N) is 1. The quantitative estimate of drug-likeness (QED) is 0.388. The fourth-order valence-electron chi connectivity index (χ4n) is 3.90. The van der Waals surface area contributed by atoms with Crippen LogP contribution in [0.15, 0.2) is 72.8 Å². The lowest BCUT2D eigenvalue weighted by molar-refractivity contribution is 0.144. The monoisotopic (exact) mass is 418 g/mol. The van der Waals surface area contributed by atoms with Crippen molar-refractivity contribution in [2.45, 2.75) is 19.4 Å². The molecule has 1 heterocycles. The lowest BCUT2D eigenvalue weighted by Crippen LogP contribution is -2.33. The van der Waals surface area contributed by atoms with Crippen LogP contribution in [0.2, 0.25) is 0 Å². The van der Waals surface area contributed by atoms with Crippen LogP contribution in [0.1, 0.15) is 17.5 Å². The molecule has 0 aromatic heterocycles. The molecule has 160 valence electrons. The topological polar surface area (TPSA) is 71.0 Å². The highest BCUT2D eigenvalue weighted by molar-refractivity contribution is 5.62. The molecule has 0 aliphatic carbocycles. The lowest BCUT2D eigenvalue weighted by Gasteiger charge is -2.32. The van der Waals surface area contributed by atoms with Gasteiger partial charge in [0, 0.05) is 24.5 Å². The average molecular weight is 418 g/mol. The van der Waals surface area contributed by atoms with Gasteiger partial charge >= 0.3 is 6.16 Å². The van der Waals surface area contributed by atoms with Gasteiger partial charge in [-0.3, -0.25) is 0 Å². The molecule has 6 nitrogen and oxygen atoms in total. The molecule has 4 rings (SSSR count). The average Bonchev–Trinajstić information content (AvgIpc) is 2.79. The highest BCUT2D eigenvalue weighted by Gasteiger charge is 2.19. The zero-order valence-electron chi connectivity index (χ0n) is 17.3. The van der Waals surface area contributed by atoms with Crippen LogP contribution in [-0.2, 0) is 13.0 Å². The molecule has 0 saturated carbocycles. The summed E-state index contributed by atoms with van der Waals surface area (Å²) in [5, 5.41) is 12.1. The van der Waals surface area contributed by atoms with Gasteiger partial charge in [-0.05, 0) is 66.4 Å². The molecular formula is C25H26N2O4. The van der Waals surface area contributed by atoms with Crippen LogP contribution < -0.4 is 19.7 Å². The summed E-state index contributed by atoms with van der Waals surface area (Å²) >= 11 is 0. The Hall–Kier alpha value is -3.67. The van der Waals surface area contributed by atoms with Gasteiger partial charge in [0.05, 0.1) is 6.54 Å². The summed E-state index contributed by atoms with van der Waals surface area (Å²) in [6.07, 6.45) is 0.876. The molecule has 0 atom stereocenters. The number of anilines is 2. The maximum absolute atomic E-state index is 10.6. The fourth-order valence-corrected chi connectivity index (χ4v) is 3.90. The summed E-state index contributed by atoms with van der Waals surface area (Å²) in [5.41, 5.74) is 4.86. The molecule has 1 aliphatic rings. The van der Waals surface area contributed by atoms with Crippen LogP contribution in [0.25, 0.3) is 0 Å². The number of hydrogen-bond donors (Lipinski definition) is 2. The second-order valence-electron chi connectivity index (χ2n) is 7.41. The standard InChI is InChI=1S/C25H26N2O4/c28-25(29)31-22-13-11-20(12-14-22)26-18-19-6-4-10-24-23(19)9-5-15-27(24)16-17-30-21-7-2-1-3-8-21/h1-4,6-8,10-14,26H,5,9,15-18H2,(H,28,29). The van der Waals surface area contributed by atoms with Gasteiger partial charge in [-0.25, -0.2) is 4.79 Å². The van der Waals surface area contributed by atoms with E-state index in [9.17, 15) is 4.79 Å². The molecule has 2 N–H and O–H groups in total. The third kappa shape index (κ3) is 5.48. The Kier molecular flexibility index (Phi) is 6.57. The predicted molar refractivity (Wildman–Crippen MR) is 121 cm³/mol. The normalized spacial score (nSPS) is 12.7. The summed E-state index contributed by atoms with van der Waals surface area (Å²) < 4.78 is 10.5. The minimum atomic E-state index is -1.31. The maximum atomic E-state index is 10.6. The van der Waals surface area contributed by atoms with Crippen LogP contribution >= 0.6 is 0 Å². The highest BCUT2D eigenvalue weighted by Crippen LogP contribution is 2.30. The third-order valence-electron chi connectivity index (χ3n) is 5.36. The number of rotatable bonds is 8. The van der Waals surface area contributed by atoms with Gasteiger partial charge in [-0.1, -0.05) is 30.3 Å². The first-order valence-electron chi connectivity index (χ1n) is 10.5. The SMILES string of the molecule is O=C(O)Oc1ccc(NCc2cccc3c2CCCN3CCOc2ccccc2)cc1. The Morgan fingerprint density at radius 2 is 1.77 bits per heavy atom. The van der Waals surface area contributed by atoms with E-state index >= 15 is 0 Å². The number of benzene rings is 3. The lowest BCUT2D eigenvalue weighted by atomic mass is 9.96. The minimum Gasteiger partial charge on any atom is -0.492 e. The van der Waals surface area contributed by atoms with E-state index in [0.29, 0.717) is 18.9 Å². The summed E-state index contributed by atoms with van der Waals surface area (Å²) in [4.78, 5) is 13.0. The summed E-state index contributed by atoms with van der Waals surface area (Å²) in [6, 6.07) is 23.3. The third-order valence-corrected chi connectivity index (χ3v) is 5.36. The van der Waals surface area contributed by atoms with Crippen molar-refractivity contribution in [3.8, 4) is 11.5 Å². The van der Waals surface area contributed by atoms with E-state index in [1.54, 1.807) is 12.1 Å². The predicted octanol–water partition coefficient (Wildman–Crippen LogP) is 5.19. The number of hydrogen-bond acceptors (Lipinski definition) is 5.